The lowest BCUT2D eigenvalue weighted by Gasteiger charge is -2.19. The fraction of sp³-hybridized carbons (Fsp3) is 0.318. The van der Waals surface area contributed by atoms with Crippen LogP contribution in [0, 0.1) is 0 Å². The van der Waals surface area contributed by atoms with E-state index >= 15 is 0 Å². The molecule has 2 unspecified atom stereocenters. The maximum absolute atomic E-state index is 12.3. The second-order valence-electron chi connectivity index (χ2n) is 7.08. The van der Waals surface area contributed by atoms with Gasteiger partial charge in [-0.05, 0) is 22.3 Å². The van der Waals surface area contributed by atoms with Crippen LogP contribution in [0.25, 0.3) is 11.1 Å². The zero-order valence-corrected chi connectivity index (χ0v) is 16.9. The molecule has 31 heavy (non-hydrogen) atoms. The van der Waals surface area contributed by atoms with Crippen LogP contribution in [0.5, 0.6) is 0 Å². The van der Waals surface area contributed by atoms with Crippen molar-refractivity contribution in [3.8, 4) is 11.1 Å². The fourth-order valence-corrected chi connectivity index (χ4v) is 3.54. The average Bonchev–Trinajstić information content (AvgIpc) is 3.09. The van der Waals surface area contributed by atoms with E-state index in [1.807, 2.05) is 48.5 Å². The van der Waals surface area contributed by atoms with E-state index in [9.17, 15) is 19.5 Å². The molecule has 1 aliphatic rings. The Morgan fingerprint density at radius 1 is 1.03 bits per heavy atom. The molecule has 0 aromatic heterocycles. The first-order valence-corrected chi connectivity index (χ1v) is 9.71. The number of hydrogen-bond acceptors (Lipinski definition) is 6. The van der Waals surface area contributed by atoms with Crippen molar-refractivity contribution in [1.29, 1.82) is 0 Å². The molecule has 4 N–H and O–H groups in total. The van der Waals surface area contributed by atoms with Crippen LogP contribution in [0.3, 0.4) is 0 Å². The quantitative estimate of drug-likeness (QED) is 0.470. The predicted molar refractivity (Wildman–Crippen MR) is 111 cm³/mol. The number of hydrogen-bond donors (Lipinski definition) is 4. The highest BCUT2D eigenvalue weighted by Crippen LogP contribution is 2.44. The van der Waals surface area contributed by atoms with E-state index in [1.165, 1.54) is 7.11 Å². The first-order chi connectivity index (χ1) is 14.9. The summed E-state index contributed by atoms with van der Waals surface area (Å²) in [4.78, 5) is 35.2. The van der Waals surface area contributed by atoms with Gasteiger partial charge in [0.05, 0.1) is 13.2 Å². The van der Waals surface area contributed by atoms with Gasteiger partial charge in [0.1, 0.15) is 12.6 Å². The van der Waals surface area contributed by atoms with Gasteiger partial charge in [-0.3, -0.25) is 4.79 Å². The van der Waals surface area contributed by atoms with Crippen LogP contribution in [0.15, 0.2) is 48.5 Å². The van der Waals surface area contributed by atoms with Crippen molar-refractivity contribution in [3.63, 3.8) is 0 Å². The molecule has 2 amide bonds. The Morgan fingerprint density at radius 3 is 2.16 bits per heavy atom. The van der Waals surface area contributed by atoms with Crippen LogP contribution in [-0.2, 0) is 19.1 Å². The molecule has 0 aliphatic heterocycles. The SMILES string of the molecule is COCC(NC(=O)OCC1c2ccccc2-c2ccccc21)C(=O)NCC(O)C(=O)O. The molecule has 3 rings (SSSR count). The van der Waals surface area contributed by atoms with Crippen LogP contribution < -0.4 is 10.6 Å². The third-order valence-corrected chi connectivity index (χ3v) is 5.04. The van der Waals surface area contributed by atoms with Crippen molar-refractivity contribution >= 4 is 18.0 Å². The summed E-state index contributed by atoms with van der Waals surface area (Å²) in [6.45, 7) is -0.571. The molecule has 0 saturated heterocycles. The number of aliphatic hydroxyl groups excluding tert-OH is 1. The number of alkyl carbamates (subject to hydrolysis) is 1. The number of rotatable bonds is 9. The molecule has 2 atom stereocenters. The van der Waals surface area contributed by atoms with Gasteiger partial charge in [0.25, 0.3) is 0 Å². The molecule has 0 heterocycles. The molecule has 0 fully saturated rings. The normalized spacial score (nSPS) is 14.1. The Labute approximate surface area is 179 Å². The van der Waals surface area contributed by atoms with Crippen LogP contribution in [0.2, 0.25) is 0 Å². The summed E-state index contributed by atoms with van der Waals surface area (Å²) in [5, 5.41) is 22.6. The molecular weight excluding hydrogens is 404 g/mol. The lowest BCUT2D eigenvalue weighted by atomic mass is 9.98. The zero-order valence-electron chi connectivity index (χ0n) is 16.9. The van der Waals surface area contributed by atoms with Gasteiger partial charge in [-0.1, -0.05) is 48.5 Å². The Morgan fingerprint density at radius 2 is 1.61 bits per heavy atom. The number of fused-ring (bicyclic) bond motifs is 3. The maximum Gasteiger partial charge on any atom is 0.407 e. The van der Waals surface area contributed by atoms with Gasteiger partial charge in [0, 0.05) is 13.0 Å². The fourth-order valence-electron chi connectivity index (χ4n) is 3.54. The first-order valence-electron chi connectivity index (χ1n) is 9.71. The van der Waals surface area contributed by atoms with E-state index in [1.54, 1.807) is 0 Å². The summed E-state index contributed by atoms with van der Waals surface area (Å²) in [6.07, 6.45) is -2.56. The van der Waals surface area contributed by atoms with Gasteiger partial charge in [-0.15, -0.1) is 0 Å². The highest BCUT2D eigenvalue weighted by atomic mass is 16.5. The second-order valence-corrected chi connectivity index (χ2v) is 7.08. The van der Waals surface area contributed by atoms with E-state index in [4.69, 9.17) is 14.6 Å². The van der Waals surface area contributed by atoms with Crippen molar-refractivity contribution < 1.29 is 34.1 Å². The molecule has 0 spiro atoms. The number of carboxylic acids is 1. The number of aliphatic hydroxyl groups is 1. The van der Waals surface area contributed by atoms with Crippen LogP contribution in [-0.4, -0.2) is 67.2 Å². The summed E-state index contributed by atoms with van der Waals surface area (Å²) in [5.74, 6) is -2.29. The summed E-state index contributed by atoms with van der Waals surface area (Å²) in [6, 6.07) is 14.7. The number of benzene rings is 2. The van der Waals surface area contributed by atoms with Gasteiger partial charge in [-0.2, -0.15) is 0 Å². The standard InChI is InChI=1S/C22H24N2O7/c1-30-12-18(20(26)23-10-19(25)21(27)28)24-22(29)31-11-17-15-8-4-2-6-13(15)14-7-3-5-9-16(14)17/h2-9,17-19,25H,10-12H2,1H3,(H,23,26)(H,24,29)(H,27,28). The van der Waals surface area contributed by atoms with E-state index in [-0.39, 0.29) is 19.1 Å². The van der Waals surface area contributed by atoms with Crippen molar-refractivity contribution in [3.05, 3.63) is 59.7 Å². The van der Waals surface area contributed by atoms with E-state index < -0.39 is 36.7 Å². The minimum Gasteiger partial charge on any atom is -0.479 e. The maximum atomic E-state index is 12.3. The van der Waals surface area contributed by atoms with Crippen molar-refractivity contribution in [2.24, 2.45) is 0 Å². The zero-order chi connectivity index (χ0) is 22.4. The monoisotopic (exact) mass is 428 g/mol. The van der Waals surface area contributed by atoms with E-state index in [0.717, 1.165) is 22.3 Å². The van der Waals surface area contributed by atoms with Crippen LogP contribution in [0.1, 0.15) is 17.0 Å². The minimum atomic E-state index is -1.75. The van der Waals surface area contributed by atoms with Crippen LogP contribution >= 0.6 is 0 Å². The highest BCUT2D eigenvalue weighted by Gasteiger charge is 2.30. The average molecular weight is 428 g/mol. The summed E-state index contributed by atoms with van der Waals surface area (Å²) in [5.41, 5.74) is 4.32. The Kier molecular flexibility index (Phi) is 7.22. The molecule has 0 radical (unpaired) electrons. The molecule has 0 saturated carbocycles. The molecule has 1 aliphatic carbocycles. The third-order valence-electron chi connectivity index (χ3n) is 5.04. The Bertz CT molecular complexity index is 917. The van der Waals surface area contributed by atoms with Crippen molar-refractivity contribution in [1.82, 2.24) is 10.6 Å². The summed E-state index contributed by atoms with van der Waals surface area (Å²) >= 11 is 0. The lowest BCUT2D eigenvalue weighted by Crippen LogP contribution is -2.51. The van der Waals surface area contributed by atoms with Crippen LogP contribution in [0.4, 0.5) is 4.79 Å². The summed E-state index contributed by atoms with van der Waals surface area (Å²) < 4.78 is 10.3. The number of methoxy groups -OCH3 is 1. The number of amides is 2. The van der Waals surface area contributed by atoms with Crippen molar-refractivity contribution in [2.45, 2.75) is 18.1 Å². The molecule has 0 bridgehead atoms. The topological polar surface area (TPSA) is 134 Å². The molecule has 9 heteroatoms. The predicted octanol–water partition coefficient (Wildman–Crippen LogP) is 1.10. The number of nitrogens with one attached hydrogen (secondary N) is 2. The first kappa shape index (κ1) is 22.3. The lowest BCUT2D eigenvalue weighted by molar-refractivity contribution is -0.146. The number of carbonyl (C=O) groups excluding carboxylic acids is 2. The third kappa shape index (κ3) is 5.19. The minimum absolute atomic E-state index is 0.0823. The number of carboxylic acid groups (broad SMARTS) is 1. The van der Waals surface area contributed by atoms with Gasteiger partial charge in [0.15, 0.2) is 6.10 Å². The number of ether oxygens (including phenoxy) is 2. The van der Waals surface area contributed by atoms with Crippen molar-refractivity contribution in [2.75, 3.05) is 26.9 Å². The van der Waals surface area contributed by atoms with Gasteiger partial charge < -0.3 is 30.3 Å². The second kappa shape index (κ2) is 10.1. The van der Waals surface area contributed by atoms with Gasteiger partial charge in [0.2, 0.25) is 5.91 Å². The highest BCUT2D eigenvalue weighted by molar-refractivity contribution is 5.86. The largest absolute Gasteiger partial charge is 0.479 e. The number of carbonyl (C=O) groups is 3. The molecule has 164 valence electrons. The number of aliphatic carboxylic acids is 1. The van der Waals surface area contributed by atoms with Gasteiger partial charge in [-0.25, -0.2) is 9.59 Å². The molecular formula is C22H24N2O7. The Hall–Kier alpha value is -3.43. The smallest absolute Gasteiger partial charge is 0.407 e. The Balaban J connectivity index is 1.61. The summed E-state index contributed by atoms with van der Waals surface area (Å²) in [7, 11) is 1.35. The molecule has 2 aromatic rings. The van der Waals surface area contributed by atoms with Gasteiger partial charge >= 0.3 is 12.1 Å². The molecule has 9 nitrogen and oxygen atoms in total. The van der Waals surface area contributed by atoms with E-state index in [2.05, 4.69) is 10.6 Å². The molecule has 2 aromatic carbocycles. The van der Waals surface area contributed by atoms with E-state index in [0.29, 0.717) is 0 Å².